The molecule has 0 heterocycles. The Bertz CT molecular complexity index is 1250. The van der Waals surface area contributed by atoms with Crippen molar-refractivity contribution >= 4 is 34.1 Å². The van der Waals surface area contributed by atoms with Gasteiger partial charge in [-0.2, -0.15) is 5.11 Å². The van der Waals surface area contributed by atoms with Crippen LogP contribution in [-0.4, -0.2) is 48.5 Å². The number of hydrogen-bond donors (Lipinski definition) is 2. The number of aryl methyl sites for hydroxylation is 2. The number of rotatable bonds is 11. The maximum atomic E-state index is 11.3. The van der Waals surface area contributed by atoms with Crippen molar-refractivity contribution in [3.05, 3.63) is 75.8 Å². The molecule has 0 spiro atoms. The number of ether oxygens (including phenoxy) is 1. The van der Waals surface area contributed by atoms with Crippen LogP contribution in [0.2, 0.25) is 0 Å². The van der Waals surface area contributed by atoms with E-state index in [0.717, 1.165) is 16.8 Å². The molecule has 0 aliphatic heterocycles. The number of hydrogen-bond acceptors (Lipinski definition) is 10. The first kappa shape index (κ1) is 26.4. The Morgan fingerprint density at radius 2 is 1.50 bits per heavy atom. The van der Waals surface area contributed by atoms with Crippen LogP contribution in [0.15, 0.2) is 75.1 Å². The van der Waals surface area contributed by atoms with Crippen LogP contribution in [0.5, 0.6) is 5.75 Å². The van der Waals surface area contributed by atoms with Crippen LogP contribution < -0.4 is 9.64 Å². The largest absolute Gasteiger partial charge is 0.494 e. The lowest BCUT2D eigenvalue weighted by atomic mass is 10.1. The second kappa shape index (κ2) is 12.5. The molecule has 188 valence electrons. The van der Waals surface area contributed by atoms with Gasteiger partial charge in [-0.15, -0.1) is 15.3 Å². The molecule has 36 heavy (non-hydrogen) atoms. The van der Waals surface area contributed by atoms with Gasteiger partial charge >= 0.3 is 0 Å². The summed E-state index contributed by atoms with van der Waals surface area (Å²) >= 11 is 0. The first-order valence-electron chi connectivity index (χ1n) is 11.2. The fourth-order valence-corrected chi connectivity index (χ4v) is 3.44. The minimum absolute atomic E-state index is 0.0158. The van der Waals surface area contributed by atoms with Gasteiger partial charge in [0.15, 0.2) is 5.69 Å². The Balaban J connectivity index is 1.83. The van der Waals surface area contributed by atoms with Crippen molar-refractivity contribution < 1.29 is 19.9 Å². The Morgan fingerprint density at radius 1 is 0.861 bits per heavy atom. The van der Waals surface area contributed by atoms with Crippen molar-refractivity contribution in [3.8, 4) is 5.75 Å². The van der Waals surface area contributed by atoms with Gasteiger partial charge in [0.05, 0.1) is 36.6 Å². The quantitative estimate of drug-likeness (QED) is 0.195. The third-order valence-electron chi connectivity index (χ3n) is 5.32. The van der Waals surface area contributed by atoms with Crippen molar-refractivity contribution in [1.82, 2.24) is 0 Å². The predicted molar refractivity (Wildman–Crippen MR) is 137 cm³/mol. The van der Waals surface area contributed by atoms with Gasteiger partial charge in [0.25, 0.3) is 5.69 Å². The van der Waals surface area contributed by atoms with E-state index >= 15 is 0 Å². The number of nitro benzene ring substituents is 1. The number of azo groups is 2. The molecular formula is C25H28N6O5. The molecule has 3 rings (SSSR count). The lowest BCUT2D eigenvalue weighted by molar-refractivity contribution is -0.384. The summed E-state index contributed by atoms with van der Waals surface area (Å²) in [5, 5.41) is 46.6. The van der Waals surface area contributed by atoms with Crippen LogP contribution in [0.4, 0.5) is 34.1 Å². The van der Waals surface area contributed by atoms with E-state index < -0.39 is 4.92 Å². The van der Waals surface area contributed by atoms with Crippen molar-refractivity contribution in [2.45, 2.75) is 13.8 Å². The average molecular weight is 493 g/mol. The zero-order valence-corrected chi connectivity index (χ0v) is 20.3. The highest BCUT2D eigenvalue weighted by atomic mass is 16.6. The van der Waals surface area contributed by atoms with Crippen molar-refractivity contribution in [2.75, 3.05) is 38.3 Å². The second-order valence-corrected chi connectivity index (χ2v) is 7.91. The van der Waals surface area contributed by atoms with Crippen molar-refractivity contribution in [3.63, 3.8) is 0 Å². The van der Waals surface area contributed by atoms with E-state index in [4.69, 9.17) is 4.74 Å². The van der Waals surface area contributed by atoms with E-state index in [-0.39, 0.29) is 24.6 Å². The first-order valence-corrected chi connectivity index (χ1v) is 11.2. The summed E-state index contributed by atoms with van der Waals surface area (Å²) < 4.78 is 5.45. The van der Waals surface area contributed by atoms with E-state index in [2.05, 4.69) is 20.5 Å². The molecule has 0 aromatic heterocycles. The van der Waals surface area contributed by atoms with Crippen molar-refractivity contribution in [2.24, 2.45) is 20.5 Å². The molecule has 0 saturated heterocycles. The highest BCUT2D eigenvalue weighted by Crippen LogP contribution is 2.37. The molecule has 0 saturated carbocycles. The zero-order chi connectivity index (χ0) is 26.1. The first-order chi connectivity index (χ1) is 17.4. The molecule has 0 fully saturated rings. The molecule has 0 aliphatic carbocycles. The number of anilines is 1. The molecule has 0 bridgehead atoms. The molecular weight excluding hydrogens is 464 g/mol. The average Bonchev–Trinajstić information content (AvgIpc) is 2.87. The normalized spacial score (nSPS) is 11.4. The number of aliphatic hydroxyl groups excluding tert-OH is 2. The maximum absolute atomic E-state index is 11.3. The molecule has 0 amide bonds. The minimum Gasteiger partial charge on any atom is -0.494 e. The third kappa shape index (κ3) is 6.68. The van der Waals surface area contributed by atoms with E-state index in [9.17, 15) is 20.3 Å². The lowest BCUT2D eigenvalue weighted by Gasteiger charge is -2.22. The third-order valence-corrected chi connectivity index (χ3v) is 5.32. The summed E-state index contributed by atoms with van der Waals surface area (Å²) in [5.74, 6) is 0.422. The molecule has 3 aromatic carbocycles. The topological polar surface area (TPSA) is 146 Å². The summed E-state index contributed by atoms with van der Waals surface area (Å²) in [6, 6.07) is 15.4. The van der Waals surface area contributed by atoms with Crippen molar-refractivity contribution in [1.29, 1.82) is 0 Å². The van der Waals surface area contributed by atoms with Gasteiger partial charge in [-0.1, -0.05) is 6.07 Å². The van der Waals surface area contributed by atoms with Gasteiger partial charge in [0, 0.05) is 30.9 Å². The standard InChI is InChI=1S/C25H28N6O5/c1-17-4-9-21(24(14-17)31(34)35)27-28-22-16-25(36-3)23(15-18(22)2)29-26-19-5-7-20(8-6-19)30(10-12-32)11-13-33/h4-9,14-16,32-33H,10-13H2,1-3H3/b28-27+,29-26+. The predicted octanol–water partition coefficient (Wildman–Crippen LogP) is 5.84. The minimum atomic E-state index is -0.485. The number of nitro groups is 1. The van der Waals surface area contributed by atoms with Gasteiger partial charge in [-0.3, -0.25) is 10.1 Å². The number of nitrogens with zero attached hydrogens (tertiary/aromatic N) is 6. The Morgan fingerprint density at radius 3 is 2.11 bits per heavy atom. The van der Waals surface area contributed by atoms with Crippen LogP contribution >= 0.6 is 0 Å². The van der Waals surface area contributed by atoms with Gasteiger partial charge < -0.3 is 19.8 Å². The molecule has 0 aliphatic rings. The van der Waals surface area contributed by atoms with Crippen LogP contribution in [0, 0.1) is 24.0 Å². The zero-order valence-electron chi connectivity index (χ0n) is 20.3. The number of aliphatic hydroxyl groups is 2. The fraction of sp³-hybridized carbons (Fsp3) is 0.280. The SMILES string of the molecule is COc1cc(/N=N/c2ccc(C)cc2[N+](=O)[O-])c(C)cc1/N=N/c1ccc(N(CCO)CCO)cc1. The summed E-state index contributed by atoms with van der Waals surface area (Å²) in [6.45, 7) is 4.39. The summed E-state index contributed by atoms with van der Waals surface area (Å²) in [7, 11) is 1.50. The molecule has 11 heteroatoms. The molecule has 0 unspecified atom stereocenters. The molecule has 0 atom stereocenters. The van der Waals surface area contributed by atoms with Crippen LogP contribution in [0.1, 0.15) is 11.1 Å². The molecule has 11 nitrogen and oxygen atoms in total. The van der Waals surface area contributed by atoms with E-state index in [0.29, 0.717) is 35.9 Å². The van der Waals surface area contributed by atoms with Gasteiger partial charge in [-0.25, -0.2) is 0 Å². The number of benzene rings is 3. The Hall–Kier alpha value is -4.22. The lowest BCUT2D eigenvalue weighted by Crippen LogP contribution is -2.29. The maximum Gasteiger partial charge on any atom is 0.296 e. The van der Waals surface area contributed by atoms with Crippen LogP contribution in [0.25, 0.3) is 0 Å². The smallest absolute Gasteiger partial charge is 0.296 e. The summed E-state index contributed by atoms with van der Waals surface area (Å²) in [5.41, 5.74) is 3.98. The molecule has 2 N–H and O–H groups in total. The Labute approximate surface area is 208 Å². The van der Waals surface area contributed by atoms with E-state index in [1.807, 2.05) is 24.0 Å². The number of methoxy groups -OCH3 is 1. The monoisotopic (exact) mass is 492 g/mol. The Kier molecular flexibility index (Phi) is 9.14. The van der Waals surface area contributed by atoms with Crippen LogP contribution in [-0.2, 0) is 0 Å². The van der Waals surface area contributed by atoms with Crippen LogP contribution in [0.3, 0.4) is 0 Å². The van der Waals surface area contributed by atoms with E-state index in [1.165, 1.54) is 13.2 Å². The highest BCUT2D eigenvalue weighted by Gasteiger charge is 2.14. The fourth-order valence-electron chi connectivity index (χ4n) is 3.44. The second-order valence-electron chi connectivity index (χ2n) is 7.91. The van der Waals surface area contributed by atoms with Gasteiger partial charge in [0.1, 0.15) is 11.4 Å². The molecule has 3 aromatic rings. The molecule has 0 radical (unpaired) electrons. The summed E-state index contributed by atoms with van der Waals surface area (Å²) in [6.07, 6.45) is 0. The summed E-state index contributed by atoms with van der Waals surface area (Å²) in [4.78, 5) is 12.7. The van der Waals surface area contributed by atoms with E-state index in [1.54, 1.807) is 43.3 Å². The van der Waals surface area contributed by atoms with Gasteiger partial charge in [0.2, 0.25) is 0 Å². The van der Waals surface area contributed by atoms with Gasteiger partial charge in [-0.05, 0) is 61.4 Å². The highest BCUT2D eigenvalue weighted by molar-refractivity contribution is 5.64.